The van der Waals surface area contributed by atoms with Gasteiger partial charge < -0.3 is 5.32 Å². The Morgan fingerprint density at radius 3 is 2.41 bits per heavy atom. The summed E-state index contributed by atoms with van der Waals surface area (Å²) in [6.07, 6.45) is 5.78. The first-order chi connectivity index (χ1) is 13.9. The van der Waals surface area contributed by atoms with Crippen LogP contribution in [0.5, 0.6) is 0 Å². The molecule has 3 aromatic rings. The van der Waals surface area contributed by atoms with Crippen molar-refractivity contribution in [3.05, 3.63) is 63.7 Å². The molecule has 1 fully saturated rings. The van der Waals surface area contributed by atoms with Crippen LogP contribution < -0.4 is 5.32 Å². The van der Waals surface area contributed by atoms with Crippen LogP contribution in [0.25, 0.3) is 22.2 Å². The van der Waals surface area contributed by atoms with Crippen molar-refractivity contribution in [3.63, 3.8) is 0 Å². The summed E-state index contributed by atoms with van der Waals surface area (Å²) in [5.74, 6) is 0.0158. The lowest BCUT2D eigenvalue weighted by molar-refractivity contribution is 0.0929. The number of rotatable bonds is 3. The molecule has 1 aromatic heterocycles. The fourth-order valence-corrected chi connectivity index (χ4v) is 4.63. The van der Waals surface area contributed by atoms with Gasteiger partial charge in [0, 0.05) is 22.0 Å². The minimum absolute atomic E-state index is 0.0158. The molecule has 0 bridgehead atoms. The maximum atomic E-state index is 13.4. The summed E-state index contributed by atoms with van der Waals surface area (Å²) in [5.41, 5.74) is 6.59. The second-order valence-corrected chi connectivity index (χ2v) is 8.69. The smallest absolute Gasteiger partial charge is 0.252 e. The molecular formula is C25H27ClN2O. The first kappa shape index (κ1) is 19.9. The highest BCUT2D eigenvalue weighted by atomic mass is 35.5. The molecule has 4 rings (SSSR count). The predicted molar refractivity (Wildman–Crippen MR) is 121 cm³/mol. The quantitative estimate of drug-likeness (QED) is 0.536. The van der Waals surface area contributed by atoms with E-state index in [1.54, 1.807) is 0 Å². The van der Waals surface area contributed by atoms with E-state index in [0.717, 1.165) is 57.3 Å². The Labute approximate surface area is 177 Å². The van der Waals surface area contributed by atoms with E-state index in [4.69, 9.17) is 16.6 Å². The van der Waals surface area contributed by atoms with Gasteiger partial charge in [-0.15, -0.1) is 0 Å². The Morgan fingerprint density at radius 1 is 1.03 bits per heavy atom. The van der Waals surface area contributed by atoms with Gasteiger partial charge in [-0.1, -0.05) is 54.6 Å². The molecule has 3 nitrogen and oxygen atoms in total. The molecule has 0 spiro atoms. The number of benzene rings is 2. The number of nitrogens with one attached hydrogen (secondary N) is 1. The van der Waals surface area contributed by atoms with Gasteiger partial charge in [-0.3, -0.25) is 4.79 Å². The normalized spacial score (nSPS) is 14.9. The van der Waals surface area contributed by atoms with Gasteiger partial charge in [0.25, 0.3) is 5.91 Å². The topological polar surface area (TPSA) is 42.0 Å². The molecular weight excluding hydrogens is 380 g/mol. The van der Waals surface area contributed by atoms with E-state index in [1.165, 1.54) is 19.3 Å². The van der Waals surface area contributed by atoms with Gasteiger partial charge in [-0.05, 0) is 62.9 Å². The Hall–Kier alpha value is -2.39. The molecule has 0 radical (unpaired) electrons. The summed E-state index contributed by atoms with van der Waals surface area (Å²) in [6, 6.07) is 12.1. The molecule has 1 amide bonds. The molecule has 2 aromatic carbocycles. The average Bonchev–Trinajstić information content (AvgIpc) is 2.69. The second-order valence-electron chi connectivity index (χ2n) is 8.25. The number of carbonyl (C=O) groups excluding carboxylic acids is 1. The number of hydrogen-bond acceptors (Lipinski definition) is 2. The van der Waals surface area contributed by atoms with E-state index >= 15 is 0 Å². The molecule has 4 heteroatoms. The third-order valence-corrected chi connectivity index (χ3v) is 6.21. The molecule has 29 heavy (non-hydrogen) atoms. The molecule has 0 saturated heterocycles. The molecule has 150 valence electrons. The zero-order chi connectivity index (χ0) is 20.5. The number of aromatic nitrogens is 1. The molecule has 1 heterocycles. The van der Waals surface area contributed by atoms with E-state index in [2.05, 4.69) is 31.3 Å². The van der Waals surface area contributed by atoms with E-state index < -0.39 is 0 Å². The van der Waals surface area contributed by atoms with E-state index in [1.807, 2.05) is 31.2 Å². The number of carbonyl (C=O) groups is 1. The summed E-state index contributed by atoms with van der Waals surface area (Å²) in [7, 11) is 0. The van der Waals surface area contributed by atoms with E-state index in [-0.39, 0.29) is 11.9 Å². The van der Waals surface area contributed by atoms with Crippen LogP contribution in [-0.2, 0) is 0 Å². The zero-order valence-electron chi connectivity index (χ0n) is 17.3. The van der Waals surface area contributed by atoms with Crippen LogP contribution >= 0.6 is 11.6 Å². The van der Waals surface area contributed by atoms with E-state index in [0.29, 0.717) is 5.02 Å². The SMILES string of the molecule is Cc1cc(C)c2nc(-c3ccc(Cl)cc3)c(C)c(C(=O)NC3CCCCC3)c2c1. The van der Waals surface area contributed by atoms with Gasteiger partial charge in [-0.25, -0.2) is 4.98 Å². The maximum absolute atomic E-state index is 13.4. The fraction of sp³-hybridized carbons (Fsp3) is 0.360. The van der Waals surface area contributed by atoms with Crippen molar-refractivity contribution >= 4 is 28.4 Å². The molecule has 0 unspecified atom stereocenters. The van der Waals surface area contributed by atoms with Crippen molar-refractivity contribution in [1.82, 2.24) is 10.3 Å². The fourth-order valence-electron chi connectivity index (χ4n) is 4.50. The summed E-state index contributed by atoms with van der Waals surface area (Å²) in [4.78, 5) is 18.4. The first-order valence-corrected chi connectivity index (χ1v) is 10.8. The number of pyridine rings is 1. The van der Waals surface area contributed by atoms with Gasteiger partial charge in [0.2, 0.25) is 0 Å². The third-order valence-electron chi connectivity index (χ3n) is 5.95. The monoisotopic (exact) mass is 406 g/mol. The summed E-state index contributed by atoms with van der Waals surface area (Å²) in [6.45, 7) is 6.13. The van der Waals surface area contributed by atoms with Crippen LogP contribution in [0.15, 0.2) is 36.4 Å². The van der Waals surface area contributed by atoms with Crippen LogP contribution in [0.4, 0.5) is 0 Å². The van der Waals surface area contributed by atoms with E-state index in [9.17, 15) is 4.79 Å². The molecule has 1 aliphatic rings. The van der Waals surface area contributed by atoms with Gasteiger partial charge in [-0.2, -0.15) is 0 Å². The second kappa shape index (κ2) is 8.16. The highest BCUT2D eigenvalue weighted by molar-refractivity contribution is 6.30. The van der Waals surface area contributed by atoms with Crippen molar-refractivity contribution in [2.75, 3.05) is 0 Å². The number of fused-ring (bicyclic) bond motifs is 1. The van der Waals surface area contributed by atoms with Crippen LogP contribution in [0.2, 0.25) is 5.02 Å². The van der Waals surface area contributed by atoms with Crippen molar-refractivity contribution in [2.24, 2.45) is 0 Å². The highest BCUT2D eigenvalue weighted by Crippen LogP contribution is 2.32. The number of amides is 1. The summed E-state index contributed by atoms with van der Waals surface area (Å²) in [5, 5.41) is 4.93. The van der Waals surface area contributed by atoms with Gasteiger partial charge in [0.05, 0.1) is 16.8 Å². The molecule has 1 N–H and O–H groups in total. The first-order valence-electron chi connectivity index (χ1n) is 10.4. The largest absolute Gasteiger partial charge is 0.349 e. The van der Waals surface area contributed by atoms with Crippen LogP contribution in [0.1, 0.15) is 59.2 Å². The lowest BCUT2D eigenvalue weighted by Gasteiger charge is -2.24. The van der Waals surface area contributed by atoms with Gasteiger partial charge in [0.15, 0.2) is 0 Å². The number of nitrogens with zero attached hydrogens (tertiary/aromatic N) is 1. The lowest BCUT2D eigenvalue weighted by atomic mass is 9.92. The van der Waals surface area contributed by atoms with Crippen molar-refractivity contribution in [3.8, 4) is 11.3 Å². The van der Waals surface area contributed by atoms with Gasteiger partial charge in [0.1, 0.15) is 0 Å². The molecule has 0 atom stereocenters. The Kier molecular flexibility index (Phi) is 5.60. The molecule has 1 aliphatic carbocycles. The number of aryl methyl sites for hydroxylation is 2. The van der Waals surface area contributed by atoms with Crippen LogP contribution in [-0.4, -0.2) is 16.9 Å². The summed E-state index contributed by atoms with van der Waals surface area (Å²) >= 11 is 6.08. The number of hydrogen-bond donors (Lipinski definition) is 1. The predicted octanol–water partition coefficient (Wildman–Crippen LogP) is 6.54. The van der Waals surface area contributed by atoms with Gasteiger partial charge >= 0.3 is 0 Å². The Bertz CT molecular complexity index is 1070. The zero-order valence-corrected chi connectivity index (χ0v) is 18.1. The highest BCUT2D eigenvalue weighted by Gasteiger charge is 2.23. The maximum Gasteiger partial charge on any atom is 0.252 e. The van der Waals surface area contributed by atoms with Crippen molar-refractivity contribution < 1.29 is 4.79 Å². The Balaban J connectivity index is 1.89. The van der Waals surface area contributed by atoms with Crippen LogP contribution in [0, 0.1) is 20.8 Å². The molecule has 0 aliphatic heterocycles. The average molecular weight is 407 g/mol. The minimum atomic E-state index is 0.0158. The lowest BCUT2D eigenvalue weighted by Crippen LogP contribution is -2.36. The number of halogens is 1. The third kappa shape index (κ3) is 4.02. The van der Waals surface area contributed by atoms with Crippen molar-refractivity contribution in [1.29, 1.82) is 0 Å². The Morgan fingerprint density at radius 2 is 1.72 bits per heavy atom. The van der Waals surface area contributed by atoms with Crippen molar-refractivity contribution in [2.45, 2.75) is 58.9 Å². The molecule has 1 saturated carbocycles. The minimum Gasteiger partial charge on any atom is -0.349 e. The summed E-state index contributed by atoms with van der Waals surface area (Å²) < 4.78 is 0. The standard InChI is InChI=1S/C25H27ClN2O/c1-15-13-16(2)23-21(14-15)22(25(29)27-20-7-5-4-6-8-20)17(3)24(28-23)18-9-11-19(26)12-10-18/h9-14,20H,4-8H2,1-3H3,(H,27,29). The van der Waals surface area contributed by atoms with Crippen LogP contribution in [0.3, 0.4) is 0 Å².